The van der Waals surface area contributed by atoms with Gasteiger partial charge < -0.3 is 0 Å². The predicted octanol–water partition coefficient (Wildman–Crippen LogP) is 3.60. The first kappa shape index (κ1) is 9.35. The molecule has 1 rings (SSSR count). The van der Waals surface area contributed by atoms with Crippen LogP contribution in [0.4, 0.5) is 0 Å². The predicted molar refractivity (Wildman–Crippen MR) is 55.9 cm³/mol. The first-order chi connectivity index (χ1) is 5.84. The first-order valence-electron chi connectivity index (χ1n) is 4.08. The van der Waals surface area contributed by atoms with Crippen LogP contribution in [0, 0.1) is 11.8 Å². The summed E-state index contributed by atoms with van der Waals surface area (Å²) in [6.07, 6.45) is 2.10. The molecule has 12 heavy (non-hydrogen) atoms. The van der Waals surface area contributed by atoms with Gasteiger partial charge >= 0.3 is 0 Å². The van der Waals surface area contributed by atoms with Crippen LogP contribution < -0.4 is 0 Å². The molecule has 0 radical (unpaired) electrons. The average molecular weight is 223 g/mol. The van der Waals surface area contributed by atoms with Crippen LogP contribution >= 0.6 is 15.9 Å². The molecular weight excluding hydrogens is 212 g/mol. The molecular formula is C11H11Br. The maximum atomic E-state index is 3.45. The van der Waals surface area contributed by atoms with E-state index in [1.54, 1.807) is 0 Å². The Morgan fingerprint density at radius 2 is 2.08 bits per heavy atom. The van der Waals surface area contributed by atoms with Gasteiger partial charge in [-0.2, -0.15) is 0 Å². The van der Waals surface area contributed by atoms with Gasteiger partial charge in [0.1, 0.15) is 0 Å². The van der Waals surface area contributed by atoms with Crippen molar-refractivity contribution in [1.29, 1.82) is 0 Å². The van der Waals surface area contributed by atoms with E-state index in [2.05, 4.69) is 34.7 Å². The molecule has 62 valence electrons. The summed E-state index contributed by atoms with van der Waals surface area (Å²) in [4.78, 5) is 0. The molecule has 0 aliphatic carbocycles. The van der Waals surface area contributed by atoms with Gasteiger partial charge in [0.05, 0.1) is 0 Å². The lowest BCUT2D eigenvalue weighted by Gasteiger charge is -1.92. The Hall–Kier alpha value is -0.740. The molecule has 0 bridgehead atoms. The number of hydrogen-bond acceptors (Lipinski definition) is 0. The molecule has 0 heterocycles. The number of benzene rings is 1. The van der Waals surface area contributed by atoms with Gasteiger partial charge in [0.15, 0.2) is 0 Å². The zero-order valence-electron chi connectivity index (χ0n) is 7.10. The fourth-order valence-corrected chi connectivity index (χ4v) is 1.23. The largest absolute Gasteiger partial charge is 0.0979 e. The fraction of sp³-hybridized carbons (Fsp3) is 0.273. The van der Waals surface area contributed by atoms with Crippen molar-refractivity contribution in [3.05, 3.63) is 34.3 Å². The standard InChI is InChI=1S/C11H11Br/c1-2-3-4-7-10-8-5-6-9-11(10)12/h5-6,8-9H,2-3H2,1H3. The average Bonchev–Trinajstić information content (AvgIpc) is 2.09. The minimum absolute atomic E-state index is 0.974. The van der Waals surface area contributed by atoms with Crippen molar-refractivity contribution < 1.29 is 0 Å². The number of rotatable bonds is 1. The second kappa shape index (κ2) is 5.00. The molecule has 0 atom stereocenters. The molecule has 0 saturated heterocycles. The van der Waals surface area contributed by atoms with Gasteiger partial charge in [-0.1, -0.05) is 30.9 Å². The van der Waals surface area contributed by atoms with Crippen molar-refractivity contribution in [2.75, 3.05) is 0 Å². The molecule has 0 fully saturated rings. The van der Waals surface area contributed by atoms with E-state index in [0.29, 0.717) is 0 Å². The quantitative estimate of drug-likeness (QED) is 0.638. The van der Waals surface area contributed by atoms with Crippen molar-refractivity contribution >= 4 is 15.9 Å². The van der Waals surface area contributed by atoms with Crippen LogP contribution in [0.25, 0.3) is 0 Å². The highest BCUT2D eigenvalue weighted by molar-refractivity contribution is 9.10. The molecule has 1 aromatic carbocycles. The van der Waals surface area contributed by atoms with E-state index in [9.17, 15) is 0 Å². The van der Waals surface area contributed by atoms with E-state index in [4.69, 9.17) is 0 Å². The van der Waals surface area contributed by atoms with Crippen molar-refractivity contribution in [1.82, 2.24) is 0 Å². The van der Waals surface area contributed by atoms with Crippen LogP contribution in [0.5, 0.6) is 0 Å². The molecule has 0 saturated carbocycles. The molecule has 0 aliphatic rings. The Balaban J connectivity index is 2.77. The van der Waals surface area contributed by atoms with Gasteiger partial charge in [-0.3, -0.25) is 0 Å². The Labute approximate surface area is 82.1 Å². The molecule has 1 aromatic rings. The third kappa shape index (κ3) is 2.71. The van der Waals surface area contributed by atoms with Gasteiger partial charge in [-0.05, 0) is 34.5 Å². The topological polar surface area (TPSA) is 0 Å². The molecule has 0 N–H and O–H groups in total. The van der Waals surface area contributed by atoms with Gasteiger partial charge in [-0.25, -0.2) is 0 Å². The summed E-state index contributed by atoms with van der Waals surface area (Å²) in [6.45, 7) is 2.13. The zero-order valence-corrected chi connectivity index (χ0v) is 8.69. The van der Waals surface area contributed by atoms with E-state index >= 15 is 0 Å². The highest BCUT2D eigenvalue weighted by Crippen LogP contribution is 2.14. The maximum absolute atomic E-state index is 3.45. The lowest BCUT2D eigenvalue weighted by atomic mass is 10.2. The second-order valence-corrected chi connectivity index (χ2v) is 3.39. The minimum atomic E-state index is 0.974. The summed E-state index contributed by atoms with van der Waals surface area (Å²) < 4.78 is 1.08. The van der Waals surface area contributed by atoms with E-state index in [0.717, 1.165) is 22.9 Å². The van der Waals surface area contributed by atoms with Crippen molar-refractivity contribution in [2.45, 2.75) is 19.8 Å². The van der Waals surface area contributed by atoms with E-state index in [-0.39, 0.29) is 0 Å². The Bertz CT molecular complexity index is 304. The van der Waals surface area contributed by atoms with E-state index in [1.165, 1.54) is 0 Å². The SMILES string of the molecule is CCCC#Cc1ccccc1Br. The Morgan fingerprint density at radius 3 is 2.75 bits per heavy atom. The minimum Gasteiger partial charge on any atom is -0.0979 e. The molecule has 0 nitrogen and oxygen atoms in total. The van der Waals surface area contributed by atoms with Crippen LogP contribution in [0.1, 0.15) is 25.3 Å². The highest BCUT2D eigenvalue weighted by Gasteiger charge is 1.90. The lowest BCUT2D eigenvalue weighted by Crippen LogP contribution is -1.75. The smallest absolute Gasteiger partial charge is 0.0387 e. The van der Waals surface area contributed by atoms with Crippen LogP contribution in [0.3, 0.4) is 0 Å². The molecule has 0 unspecified atom stereocenters. The summed E-state index contributed by atoms with van der Waals surface area (Å²) in [5.74, 6) is 6.23. The third-order valence-electron chi connectivity index (χ3n) is 1.47. The summed E-state index contributed by atoms with van der Waals surface area (Å²) in [5, 5.41) is 0. The molecule has 0 spiro atoms. The van der Waals surface area contributed by atoms with Crippen LogP contribution in [0.2, 0.25) is 0 Å². The monoisotopic (exact) mass is 222 g/mol. The van der Waals surface area contributed by atoms with E-state index < -0.39 is 0 Å². The summed E-state index contributed by atoms with van der Waals surface area (Å²) >= 11 is 3.45. The lowest BCUT2D eigenvalue weighted by molar-refractivity contribution is 0.983. The molecule has 0 aromatic heterocycles. The second-order valence-electron chi connectivity index (χ2n) is 2.53. The summed E-state index contributed by atoms with van der Waals surface area (Å²) in [6, 6.07) is 8.03. The maximum Gasteiger partial charge on any atom is 0.0387 e. The van der Waals surface area contributed by atoms with Gasteiger partial charge in [0, 0.05) is 16.5 Å². The van der Waals surface area contributed by atoms with Crippen LogP contribution in [0.15, 0.2) is 28.7 Å². The number of halogens is 1. The van der Waals surface area contributed by atoms with Crippen LogP contribution in [-0.2, 0) is 0 Å². The molecule has 1 heteroatoms. The van der Waals surface area contributed by atoms with Gasteiger partial charge in [-0.15, -0.1) is 0 Å². The van der Waals surface area contributed by atoms with Crippen molar-refractivity contribution in [3.8, 4) is 11.8 Å². The fourth-order valence-electron chi connectivity index (χ4n) is 0.845. The van der Waals surface area contributed by atoms with Gasteiger partial charge in [0.2, 0.25) is 0 Å². The molecule has 0 amide bonds. The summed E-state index contributed by atoms with van der Waals surface area (Å²) in [5.41, 5.74) is 1.07. The van der Waals surface area contributed by atoms with E-state index in [1.807, 2.05) is 24.3 Å². The first-order valence-corrected chi connectivity index (χ1v) is 4.87. The van der Waals surface area contributed by atoms with Crippen molar-refractivity contribution in [2.24, 2.45) is 0 Å². The molecule has 0 aliphatic heterocycles. The van der Waals surface area contributed by atoms with Crippen molar-refractivity contribution in [3.63, 3.8) is 0 Å². The Kier molecular flexibility index (Phi) is 3.90. The number of hydrogen-bond donors (Lipinski definition) is 0. The zero-order chi connectivity index (χ0) is 8.81. The van der Waals surface area contributed by atoms with Gasteiger partial charge in [0.25, 0.3) is 0 Å². The third-order valence-corrected chi connectivity index (χ3v) is 2.16. The normalized spacial score (nSPS) is 8.83. The number of unbranched alkanes of at least 4 members (excludes halogenated alkanes) is 1. The Morgan fingerprint density at radius 1 is 1.33 bits per heavy atom. The van der Waals surface area contributed by atoms with Crippen LogP contribution in [-0.4, -0.2) is 0 Å². The summed E-state index contributed by atoms with van der Waals surface area (Å²) in [7, 11) is 0. The highest BCUT2D eigenvalue weighted by atomic mass is 79.9.